The summed E-state index contributed by atoms with van der Waals surface area (Å²) in [7, 11) is 0. The molecule has 0 amide bonds. The Morgan fingerprint density at radius 2 is 1.55 bits per heavy atom. The van der Waals surface area contributed by atoms with E-state index in [1.165, 1.54) is 39.2 Å². The summed E-state index contributed by atoms with van der Waals surface area (Å²) in [5, 5.41) is 3.72. The highest BCUT2D eigenvalue weighted by atomic mass is 14.9. The van der Waals surface area contributed by atoms with E-state index in [0.717, 1.165) is 0 Å². The van der Waals surface area contributed by atoms with Crippen molar-refractivity contribution in [3.05, 3.63) is 51.7 Å². The van der Waals surface area contributed by atoms with Gasteiger partial charge >= 0.3 is 0 Å². The molecule has 108 valence electrons. The number of anilines is 1. The van der Waals surface area contributed by atoms with E-state index in [2.05, 4.69) is 72.0 Å². The van der Waals surface area contributed by atoms with Crippen LogP contribution in [0.15, 0.2) is 35.1 Å². The van der Waals surface area contributed by atoms with Gasteiger partial charge < -0.3 is 5.32 Å². The Kier molecular flexibility index (Phi) is 4.08. The molecule has 2 atom stereocenters. The topological polar surface area (TPSA) is 12.0 Å². The van der Waals surface area contributed by atoms with Crippen molar-refractivity contribution in [3.8, 4) is 0 Å². The van der Waals surface area contributed by atoms with Crippen LogP contribution in [0.1, 0.15) is 44.4 Å². The first-order chi connectivity index (χ1) is 9.32. The third-order valence-electron chi connectivity index (χ3n) is 5.08. The minimum Gasteiger partial charge on any atom is -0.358 e. The van der Waals surface area contributed by atoms with E-state index < -0.39 is 0 Å². The van der Waals surface area contributed by atoms with Gasteiger partial charge in [0.25, 0.3) is 0 Å². The number of hydrogen-bond donors (Lipinski definition) is 1. The number of hydrogen-bond acceptors (Lipinski definition) is 1. The quantitative estimate of drug-likeness (QED) is 0.744. The predicted molar refractivity (Wildman–Crippen MR) is 89.1 cm³/mol. The van der Waals surface area contributed by atoms with Gasteiger partial charge in [-0.2, -0.15) is 0 Å². The van der Waals surface area contributed by atoms with Crippen molar-refractivity contribution >= 4 is 5.69 Å². The highest BCUT2D eigenvalue weighted by molar-refractivity contribution is 5.61. The van der Waals surface area contributed by atoms with Crippen LogP contribution in [0, 0.1) is 32.6 Å². The molecule has 1 aromatic carbocycles. The Bertz CT molecular complexity index is 590. The lowest BCUT2D eigenvalue weighted by Gasteiger charge is -2.30. The Hall–Kier alpha value is -1.50. The largest absolute Gasteiger partial charge is 0.358 e. The Balaban J connectivity index is 2.41. The lowest BCUT2D eigenvalue weighted by Crippen LogP contribution is -2.21. The zero-order chi connectivity index (χ0) is 15.0. The first-order valence-electron chi connectivity index (χ1n) is 7.56. The van der Waals surface area contributed by atoms with Crippen LogP contribution in [0.3, 0.4) is 0 Å². The van der Waals surface area contributed by atoms with Crippen LogP contribution in [-0.2, 0) is 0 Å². The van der Waals surface area contributed by atoms with Gasteiger partial charge in [0.1, 0.15) is 0 Å². The van der Waals surface area contributed by atoms with Gasteiger partial charge in [0, 0.05) is 17.3 Å². The molecule has 0 saturated heterocycles. The third kappa shape index (κ3) is 2.54. The molecule has 0 fully saturated rings. The summed E-state index contributed by atoms with van der Waals surface area (Å²) in [5.74, 6) is 1.13. The zero-order valence-electron chi connectivity index (χ0n) is 13.9. The first kappa shape index (κ1) is 14.9. The maximum Gasteiger partial charge on any atom is 0.0414 e. The number of allylic oxidation sites excluding steroid dienone is 4. The SMILES string of the molecule is CC1=CC(C)C(C)C(Nc2ccc(C)c(C)c2C)=C1C. The molecule has 0 aliphatic heterocycles. The summed E-state index contributed by atoms with van der Waals surface area (Å²) in [6, 6.07) is 4.42. The Labute approximate surface area is 123 Å². The fourth-order valence-electron chi connectivity index (χ4n) is 2.92. The first-order valence-corrected chi connectivity index (χ1v) is 7.56. The van der Waals surface area contributed by atoms with Crippen LogP contribution < -0.4 is 5.32 Å². The molecule has 0 bridgehead atoms. The third-order valence-corrected chi connectivity index (χ3v) is 5.08. The van der Waals surface area contributed by atoms with Crippen molar-refractivity contribution in [2.75, 3.05) is 5.32 Å². The molecule has 1 N–H and O–H groups in total. The molecule has 1 aliphatic rings. The van der Waals surface area contributed by atoms with Gasteiger partial charge in [0.2, 0.25) is 0 Å². The Morgan fingerprint density at radius 3 is 2.20 bits per heavy atom. The second-order valence-electron chi connectivity index (χ2n) is 6.34. The van der Waals surface area contributed by atoms with Crippen molar-refractivity contribution in [1.82, 2.24) is 0 Å². The molecule has 0 spiro atoms. The van der Waals surface area contributed by atoms with Gasteiger partial charge in [-0.05, 0) is 68.9 Å². The average molecular weight is 269 g/mol. The van der Waals surface area contributed by atoms with Crippen LogP contribution in [0.4, 0.5) is 5.69 Å². The second-order valence-corrected chi connectivity index (χ2v) is 6.34. The summed E-state index contributed by atoms with van der Waals surface area (Å²) >= 11 is 0. The summed E-state index contributed by atoms with van der Waals surface area (Å²) in [6.07, 6.45) is 2.39. The van der Waals surface area contributed by atoms with Gasteiger partial charge in [-0.3, -0.25) is 0 Å². The number of benzene rings is 1. The van der Waals surface area contributed by atoms with E-state index >= 15 is 0 Å². The summed E-state index contributed by atoms with van der Waals surface area (Å²) in [5.41, 5.74) is 9.53. The van der Waals surface area contributed by atoms with Gasteiger partial charge in [0.05, 0.1) is 0 Å². The molecule has 2 rings (SSSR count). The number of aryl methyl sites for hydroxylation is 1. The minimum atomic E-state index is 0.541. The van der Waals surface area contributed by atoms with Gasteiger partial charge in [0.15, 0.2) is 0 Å². The number of nitrogens with one attached hydrogen (secondary N) is 1. The van der Waals surface area contributed by atoms with E-state index in [4.69, 9.17) is 0 Å². The maximum absolute atomic E-state index is 3.72. The normalized spacial score (nSPS) is 22.9. The molecule has 1 heteroatoms. The lowest BCUT2D eigenvalue weighted by atomic mass is 9.82. The fourth-order valence-corrected chi connectivity index (χ4v) is 2.92. The molecule has 0 radical (unpaired) electrons. The molecule has 1 nitrogen and oxygen atoms in total. The monoisotopic (exact) mass is 269 g/mol. The molecule has 0 heterocycles. The molecule has 1 aromatic rings. The summed E-state index contributed by atoms with van der Waals surface area (Å²) < 4.78 is 0. The fraction of sp³-hybridized carbons (Fsp3) is 0.474. The highest BCUT2D eigenvalue weighted by Crippen LogP contribution is 2.35. The molecular weight excluding hydrogens is 242 g/mol. The van der Waals surface area contributed by atoms with Crippen molar-refractivity contribution in [1.29, 1.82) is 0 Å². The lowest BCUT2D eigenvalue weighted by molar-refractivity contribution is 0.516. The van der Waals surface area contributed by atoms with Crippen molar-refractivity contribution < 1.29 is 0 Å². The van der Waals surface area contributed by atoms with Crippen LogP contribution in [0.25, 0.3) is 0 Å². The van der Waals surface area contributed by atoms with Gasteiger partial charge in [-0.25, -0.2) is 0 Å². The zero-order valence-corrected chi connectivity index (χ0v) is 13.9. The maximum atomic E-state index is 3.72. The van der Waals surface area contributed by atoms with Crippen LogP contribution in [-0.4, -0.2) is 0 Å². The molecule has 0 saturated carbocycles. The van der Waals surface area contributed by atoms with E-state index in [1.54, 1.807) is 0 Å². The summed E-state index contributed by atoms with van der Waals surface area (Å²) in [4.78, 5) is 0. The van der Waals surface area contributed by atoms with Crippen molar-refractivity contribution in [2.45, 2.75) is 48.5 Å². The van der Waals surface area contributed by atoms with Gasteiger partial charge in [-0.15, -0.1) is 0 Å². The molecule has 0 aromatic heterocycles. The van der Waals surface area contributed by atoms with E-state index in [-0.39, 0.29) is 0 Å². The van der Waals surface area contributed by atoms with Crippen LogP contribution in [0.5, 0.6) is 0 Å². The number of rotatable bonds is 2. The minimum absolute atomic E-state index is 0.541. The Morgan fingerprint density at radius 1 is 0.900 bits per heavy atom. The van der Waals surface area contributed by atoms with E-state index in [9.17, 15) is 0 Å². The smallest absolute Gasteiger partial charge is 0.0414 e. The predicted octanol–water partition coefficient (Wildman–Crippen LogP) is 5.53. The van der Waals surface area contributed by atoms with Crippen molar-refractivity contribution in [3.63, 3.8) is 0 Å². The van der Waals surface area contributed by atoms with Gasteiger partial charge in [-0.1, -0.05) is 31.6 Å². The average Bonchev–Trinajstić information content (AvgIpc) is 2.41. The van der Waals surface area contributed by atoms with Crippen molar-refractivity contribution in [2.24, 2.45) is 11.8 Å². The molecule has 1 aliphatic carbocycles. The van der Waals surface area contributed by atoms with Crippen LogP contribution >= 0.6 is 0 Å². The highest BCUT2D eigenvalue weighted by Gasteiger charge is 2.23. The molecule has 20 heavy (non-hydrogen) atoms. The summed E-state index contributed by atoms with van der Waals surface area (Å²) in [6.45, 7) is 15.6. The second kappa shape index (κ2) is 5.47. The molecule has 2 unspecified atom stereocenters. The van der Waals surface area contributed by atoms with Crippen LogP contribution in [0.2, 0.25) is 0 Å². The standard InChI is InChI=1S/C19H27N/c1-11-8-9-18(17(7)14(11)4)20-19-15(5)12(2)10-13(3)16(19)6/h8-10,12,15,20H,1-7H3. The van der Waals surface area contributed by atoms with E-state index in [0.29, 0.717) is 11.8 Å². The van der Waals surface area contributed by atoms with E-state index in [1.807, 2.05) is 0 Å². The molecular formula is C19H27N.